The lowest BCUT2D eigenvalue weighted by molar-refractivity contribution is 1.80. The first-order valence-electron chi connectivity index (χ1n) is 7.13. The molecule has 0 fully saturated rings. The van der Waals surface area contributed by atoms with Gasteiger partial charge in [-0.1, -0.05) is 60.7 Å². The average Bonchev–Trinajstić information content (AvgIpc) is 2.93. The predicted molar refractivity (Wildman–Crippen MR) is 94.3 cm³/mol. The van der Waals surface area contributed by atoms with Crippen LogP contribution in [0.4, 0.5) is 0 Å². The van der Waals surface area contributed by atoms with Crippen molar-refractivity contribution in [2.24, 2.45) is 0 Å². The lowest BCUT2D eigenvalue weighted by atomic mass is 9.98. The SMILES string of the molecule is c1ccc2c(c1)ccc1ccc3sc4ccccc4c3c12. The Labute approximate surface area is 126 Å². The summed E-state index contributed by atoms with van der Waals surface area (Å²) in [6, 6.07) is 26.4. The van der Waals surface area contributed by atoms with Crippen LogP contribution in [-0.4, -0.2) is 0 Å². The van der Waals surface area contributed by atoms with Gasteiger partial charge in [-0.15, -0.1) is 11.3 Å². The highest BCUT2D eigenvalue weighted by atomic mass is 32.1. The van der Waals surface area contributed by atoms with E-state index in [1.54, 1.807) is 0 Å². The second-order valence-electron chi connectivity index (χ2n) is 5.42. The Morgan fingerprint density at radius 1 is 0.476 bits per heavy atom. The van der Waals surface area contributed by atoms with E-state index in [0.29, 0.717) is 0 Å². The van der Waals surface area contributed by atoms with Crippen molar-refractivity contribution in [1.82, 2.24) is 0 Å². The standard InChI is InChI=1S/C20H12S/c1-2-6-15-13(5-1)9-10-14-11-12-18-20(19(14)15)16-7-3-4-8-17(16)21-18/h1-12H. The lowest BCUT2D eigenvalue weighted by Gasteiger charge is -2.06. The van der Waals surface area contributed by atoms with Crippen molar-refractivity contribution in [3.8, 4) is 0 Å². The van der Waals surface area contributed by atoms with Crippen LogP contribution in [0.1, 0.15) is 0 Å². The molecule has 1 aromatic heterocycles. The van der Waals surface area contributed by atoms with Gasteiger partial charge in [-0.3, -0.25) is 0 Å². The van der Waals surface area contributed by atoms with Gasteiger partial charge in [0.25, 0.3) is 0 Å². The van der Waals surface area contributed by atoms with Crippen LogP contribution in [0.5, 0.6) is 0 Å². The Morgan fingerprint density at radius 2 is 1.19 bits per heavy atom. The molecule has 98 valence electrons. The van der Waals surface area contributed by atoms with Gasteiger partial charge in [0.1, 0.15) is 0 Å². The normalized spacial score (nSPS) is 11.8. The van der Waals surface area contributed by atoms with E-state index >= 15 is 0 Å². The molecular formula is C20H12S. The zero-order chi connectivity index (χ0) is 13.8. The molecule has 0 spiro atoms. The fraction of sp³-hybridized carbons (Fsp3) is 0. The summed E-state index contributed by atoms with van der Waals surface area (Å²) in [6.07, 6.45) is 0. The molecule has 0 nitrogen and oxygen atoms in total. The molecule has 0 unspecified atom stereocenters. The first-order chi connectivity index (χ1) is 10.4. The van der Waals surface area contributed by atoms with E-state index in [-0.39, 0.29) is 0 Å². The molecule has 0 saturated heterocycles. The number of hydrogen-bond donors (Lipinski definition) is 0. The van der Waals surface area contributed by atoms with Gasteiger partial charge in [0, 0.05) is 20.2 Å². The molecule has 0 aliphatic rings. The minimum atomic E-state index is 1.31. The first kappa shape index (κ1) is 11.3. The smallest absolute Gasteiger partial charge is 0.0362 e. The zero-order valence-electron chi connectivity index (χ0n) is 11.3. The lowest BCUT2D eigenvalue weighted by Crippen LogP contribution is -1.78. The van der Waals surface area contributed by atoms with Crippen molar-refractivity contribution in [3.63, 3.8) is 0 Å². The van der Waals surface area contributed by atoms with E-state index in [1.165, 1.54) is 41.7 Å². The van der Waals surface area contributed by atoms with E-state index in [0.717, 1.165) is 0 Å². The fourth-order valence-corrected chi connectivity index (χ4v) is 4.43. The van der Waals surface area contributed by atoms with Crippen LogP contribution in [0, 0.1) is 0 Å². The predicted octanol–water partition coefficient (Wildman–Crippen LogP) is 6.36. The van der Waals surface area contributed by atoms with Crippen LogP contribution in [0.15, 0.2) is 72.8 Å². The van der Waals surface area contributed by atoms with E-state index in [2.05, 4.69) is 72.8 Å². The largest absolute Gasteiger partial charge is 0.135 e. The third-order valence-corrected chi connectivity index (χ3v) is 5.38. The average molecular weight is 284 g/mol. The third kappa shape index (κ3) is 1.50. The molecule has 0 aliphatic carbocycles. The number of hydrogen-bond acceptors (Lipinski definition) is 1. The minimum absolute atomic E-state index is 1.31. The Balaban J connectivity index is 2.19. The number of fused-ring (bicyclic) bond motifs is 7. The van der Waals surface area contributed by atoms with Crippen molar-refractivity contribution < 1.29 is 0 Å². The highest BCUT2D eigenvalue weighted by molar-refractivity contribution is 7.26. The van der Waals surface area contributed by atoms with Crippen LogP contribution in [0.3, 0.4) is 0 Å². The number of rotatable bonds is 0. The highest BCUT2D eigenvalue weighted by Crippen LogP contribution is 2.40. The quantitative estimate of drug-likeness (QED) is 0.290. The van der Waals surface area contributed by atoms with Gasteiger partial charge in [0.05, 0.1) is 0 Å². The molecular weight excluding hydrogens is 272 g/mol. The van der Waals surface area contributed by atoms with Crippen molar-refractivity contribution in [2.45, 2.75) is 0 Å². The summed E-state index contributed by atoms with van der Waals surface area (Å²) in [5, 5.41) is 8.16. The van der Waals surface area contributed by atoms with Gasteiger partial charge in [0.2, 0.25) is 0 Å². The van der Waals surface area contributed by atoms with Gasteiger partial charge in [-0.05, 0) is 33.7 Å². The minimum Gasteiger partial charge on any atom is -0.135 e. The summed E-state index contributed by atoms with van der Waals surface area (Å²) in [5.74, 6) is 0. The third-order valence-electron chi connectivity index (χ3n) is 4.25. The fourth-order valence-electron chi connectivity index (χ4n) is 3.31. The Hall–Kier alpha value is -2.38. The van der Waals surface area contributed by atoms with Gasteiger partial charge in [0.15, 0.2) is 0 Å². The van der Waals surface area contributed by atoms with Crippen molar-refractivity contribution in [1.29, 1.82) is 0 Å². The van der Waals surface area contributed by atoms with E-state index in [1.807, 2.05) is 11.3 Å². The molecule has 21 heavy (non-hydrogen) atoms. The summed E-state index contributed by atoms with van der Waals surface area (Å²) >= 11 is 1.89. The molecule has 4 aromatic carbocycles. The first-order valence-corrected chi connectivity index (χ1v) is 7.95. The molecule has 0 amide bonds. The Morgan fingerprint density at radius 3 is 2.14 bits per heavy atom. The van der Waals surface area contributed by atoms with Crippen LogP contribution >= 0.6 is 11.3 Å². The summed E-state index contributed by atoms with van der Waals surface area (Å²) in [5.41, 5.74) is 0. The molecule has 0 radical (unpaired) electrons. The topological polar surface area (TPSA) is 0 Å². The van der Waals surface area contributed by atoms with Gasteiger partial charge in [-0.2, -0.15) is 0 Å². The van der Waals surface area contributed by atoms with Crippen LogP contribution in [0.2, 0.25) is 0 Å². The molecule has 1 heterocycles. The second kappa shape index (κ2) is 4.06. The van der Waals surface area contributed by atoms with Crippen LogP contribution < -0.4 is 0 Å². The summed E-state index contributed by atoms with van der Waals surface area (Å²) in [7, 11) is 0. The monoisotopic (exact) mass is 284 g/mol. The number of thiophene rings is 1. The van der Waals surface area contributed by atoms with Crippen LogP contribution in [-0.2, 0) is 0 Å². The van der Waals surface area contributed by atoms with E-state index < -0.39 is 0 Å². The summed E-state index contributed by atoms with van der Waals surface area (Å²) in [6.45, 7) is 0. The molecule has 0 N–H and O–H groups in total. The van der Waals surface area contributed by atoms with Crippen molar-refractivity contribution in [3.05, 3.63) is 72.8 Å². The van der Waals surface area contributed by atoms with Gasteiger partial charge >= 0.3 is 0 Å². The summed E-state index contributed by atoms with van der Waals surface area (Å²) in [4.78, 5) is 0. The molecule has 1 heteroatoms. The summed E-state index contributed by atoms with van der Waals surface area (Å²) < 4.78 is 2.74. The second-order valence-corrected chi connectivity index (χ2v) is 6.51. The molecule has 0 atom stereocenters. The van der Waals surface area contributed by atoms with Crippen molar-refractivity contribution >= 4 is 53.1 Å². The van der Waals surface area contributed by atoms with E-state index in [9.17, 15) is 0 Å². The van der Waals surface area contributed by atoms with Gasteiger partial charge < -0.3 is 0 Å². The van der Waals surface area contributed by atoms with Crippen LogP contribution in [0.25, 0.3) is 41.7 Å². The Kier molecular flexibility index (Phi) is 2.18. The molecule has 5 rings (SSSR count). The Bertz CT molecular complexity index is 1130. The zero-order valence-corrected chi connectivity index (χ0v) is 12.2. The maximum absolute atomic E-state index is 2.26. The molecule has 0 aliphatic heterocycles. The maximum atomic E-state index is 2.26. The molecule has 0 saturated carbocycles. The maximum Gasteiger partial charge on any atom is 0.0362 e. The highest BCUT2D eigenvalue weighted by Gasteiger charge is 2.10. The van der Waals surface area contributed by atoms with Crippen molar-refractivity contribution in [2.75, 3.05) is 0 Å². The molecule has 0 bridgehead atoms. The number of benzene rings is 4. The van der Waals surface area contributed by atoms with E-state index in [4.69, 9.17) is 0 Å². The van der Waals surface area contributed by atoms with Gasteiger partial charge in [-0.25, -0.2) is 0 Å². The molecule has 5 aromatic rings.